The first kappa shape index (κ1) is 14.4. The van der Waals surface area contributed by atoms with Crippen LogP contribution in [0.3, 0.4) is 0 Å². The molecule has 0 saturated heterocycles. The van der Waals surface area contributed by atoms with Gasteiger partial charge in [-0.3, -0.25) is 4.79 Å². The number of likely N-dealkylation sites (N-methyl/N-ethyl adjacent to an activating group) is 2. The quantitative estimate of drug-likeness (QED) is 0.708. The summed E-state index contributed by atoms with van der Waals surface area (Å²) in [7, 11) is 1.76. The second-order valence-corrected chi connectivity index (χ2v) is 5.01. The fourth-order valence-corrected chi connectivity index (χ4v) is 1.30. The summed E-state index contributed by atoms with van der Waals surface area (Å²) in [5, 5.41) is 12.7. The third-order valence-electron chi connectivity index (χ3n) is 2.41. The van der Waals surface area contributed by atoms with Crippen LogP contribution in [0.1, 0.15) is 34.6 Å². The molecule has 4 heteroatoms. The van der Waals surface area contributed by atoms with E-state index in [1.807, 2.05) is 20.8 Å². The summed E-state index contributed by atoms with van der Waals surface area (Å²) in [5.41, 5.74) is -1.43. The molecule has 1 amide bonds. The third-order valence-corrected chi connectivity index (χ3v) is 2.41. The Morgan fingerprint density at radius 3 is 2.07 bits per heavy atom. The molecule has 2 N–H and O–H groups in total. The molecule has 0 heterocycles. The molecular weight excluding hydrogens is 192 g/mol. The third kappa shape index (κ3) is 4.62. The number of hydrogen-bond donors (Lipinski definition) is 2. The fourth-order valence-electron chi connectivity index (χ4n) is 1.30. The van der Waals surface area contributed by atoms with Crippen molar-refractivity contribution in [3.05, 3.63) is 0 Å². The smallest absolute Gasteiger partial charge is 0.242 e. The topological polar surface area (TPSA) is 52.6 Å². The molecule has 0 saturated carbocycles. The molecular formula is C11H24N2O2. The van der Waals surface area contributed by atoms with Crippen LogP contribution < -0.4 is 5.32 Å². The first-order valence-corrected chi connectivity index (χ1v) is 5.34. The van der Waals surface area contributed by atoms with Gasteiger partial charge in [-0.25, -0.2) is 0 Å². The Balaban J connectivity index is 4.63. The molecule has 0 radical (unpaired) electrons. The van der Waals surface area contributed by atoms with Gasteiger partial charge >= 0.3 is 0 Å². The number of carbonyl (C=O) groups is 1. The largest absolute Gasteiger partial charge is 0.389 e. The van der Waals surface area contributed by atoms with Crippen molar-refractivity contribution in [3.8, 4) is 0 Å². The Morgan fingerprint density at radius 1 is 1.33 bits per heavy atom. The molecule has 15 heavy (non-hydrogen) atoms. The van der Waals surface area contributed by atoms with Gasteiger partial charge < -0.3 is 15.3 Å². The number of carbonyl (C=O) groups excluding carboxylic acids is 1. The molecule has 0 spiro atoms. The standard InChI is InChI=1S/C11H24N2O2/c1-7-13(8-10(2,3)15)9(14)11(4,5)12-6/h12,15H,7-8H2,1-6H3. The van der Waals surface area contributed by atoms with Crippen molar-refractivity contribution in [3.63, 3.8) is 0 Å². The van der Waals surface area contributed by atoms with Crippen LogP contribution in [0.25, 0.3) is 0 Å². The first-order valence-electron chi connectivity index (χ1n) is 5.34. The van der Waals surface area contributed by atoms with Gasteiger partial charge in [0.05, 0.1) is 11.1 Å². The highest BCUT2D eigenvalue weighted by Gasteiger charge is 2.31. The Bertz CT molecular complexity index is 219. The molecule has 0 fully saturated rings. The maximum Gasteiger partial charge on any atom is 0.242 e. The van der Waals surface area contributed by atoms with E-state index in [1.54, 1.807) is 25.8 Å². The monoisotopic (exact) mass is 216 g/mol. The predicted molar refractivity (Wildman–Crippen MR) is 61.7 cm³/mol. The Morgan fingerprint density at radius 2 is 1.80 bits per heavy atom. The summed E-state index contributed by atoms with van der Waals surface area (Å²) >= 11 is 0. The molecule has 0 aromatic heterocycles. The van der Waals surface area contributed by atoms with E-state index in [4.69, 9.17) is 0 Å². The van der Waals surface area contributed by atoms with Crippen molar-refractivity contribution < 1.29 is 9.90 Å². The zero-order chi connectivity index (χ0) is 12.3. The molecule has 0 atom stereocenters. The van der Waals surface area contributed by atoms with Gasteiger partial charge in [0, 0.05) is 13.1 Å². The van der Waals surface area contributed by atoms with E-state index in [2.05, 4.69) is 5.32 Å². The van der Waals surface area contributed by atoms with E-state index in [0.29, 0.717) is 13.1 Å². The van der Waals surface area contributed by atoms with Crippen molar-refractivity contribution in [2.75, 3.05) is 20.1 Å². The molecule has 4 nitrogen and oxygen atoms in total. The number of aliphatic hydroxyl groups is 1. The lowest BCUT2D eigenvalue weighted by Crippen LogP contribution is -2.55. The number of hydrogen-bond acceptors (Lipinski definition) is 3. The van der Waals surface area contributed by atoms with Crippen LogP contribution in [0.15, 0.2) is 0 Å². The zero-order valence-corrected chi connectivity index (χ0v) is 10.7. The number of nitrogens with one attached hydrogen (secondary N) is 1. The van der Waals surface area contributed by atoms with Crippen LogP contribution in [0, 0.1) is 0 Å². The predicted octanol–water partition coefficient (Wildman–Crippen LogP) is 0.604. The molecule has 0 rings (SSSR count). The highest BCUT2D eigenvalue weighted by molar-refractivity contribution is 5.85. The highest BCUT2D eigenvalue weighted by Crippen LogP contribution is 2.11. The summed E-state index contributed by atoms with van der Waals surface area (Å²) in [6, 6.07) is 0. The minimum atomic E-state index is -0.852. The van der Waals surface area contributed by atoms with E-state index in [0.717, 1.165) is 0 Å². The van der Waals surface area contributed by atoms with Crippen LogP contribution in [0.5, 0.6) is 0 Å². The average Bonchev–Trinajstić information content (AvgIpc) is 2.11. The van der Waals surface area contributed by atoms with Gasteiger partial charge in [0.2, 0.25) is 5.91 Å². The zero-order valence-electron chi connectivity index (χ0n) is 10.7. The Kier molecular flexibility index (Phi) is 4.74. The Hall–Kier alpha value is -0.610. The van der Waals surface area contributed by atoms with Crippen LogP contribution in [-0.2, 0) is 4.79 Å². The summed E-state index contributed by atoms with van der Waals surface area (Å²) < 4.78 is 0. The lowest BCUT2D eigenvalue weighted by molar-refractivity contribution is -0.139. The van der Waals surface area contributed by atoms with Crippen LogP contribution in [0.4, 0.5) is 0 Å². The second-order valence-electron chi connectivity index (χ2n) is 5.01. The SMILES string of the molecule is CCN(CC(C)(C)O)C(=O)C(C)(C)NC. The van der Waals surface area contributed by atoms with Gasteiger partial charge in [0.1, 0.15) is 0 Å². The van der Waals surface area contributed by atoms with Gasteiger partial charge in [-0.05, 0) is 41.7 Å². The van der Waals surface area contributed by atoms with E-state index in [-0.39, 0.29) is 5.91 Å². The molecule has 0 aromatic carbocycles. The molecule has 0 aliphatic rings. The van der Waals surface area contributed by atoms with Crippen LogP contribution in [-0.4, -0.2) is 47.2 Å². The van der Waals surface area contributed by atoms with Gasteiger partial charge in [-0.15, -0.1) is 0 Å². The lowest BCUT2D eigenvalue weighted by atomic mass is 10.0. The van der Waals surface area contributed by atoms with Gasteiger partial charge in [0.25, 0.3) is 0 Å². The maximum atomic E-state index is 12.1. The maximum absolute atomic E-state index is 12.1. The molecule has 0 aromatic rings. The van der Waals surface area contributed by atoms with E-state index in [1.165, 1.54) is 0 Å². The second kappa shape index (κ2) is 4.94. The summed E-state index contributed by atoms with van der Waals surface area (Å²) in [6.45, 7) is 9.95. The minimum Gasteiger partial charge on any atom is -0.389 e. The molecule has 90 valence electrons. The van der Waals surface area contributed by atoms with Crippen molar-refractivity contribution in [1.82, 2.24) is 10.2 Å². The van der Waals surface area contributed by atoms with Crippen molar-refractivity contribution >= 4 is 5.91 Å². The van der Waals surface area contributed by atoms with E-state index >= 15 is 0 Å². The van der Waals surface area contributed by atoms with E-state index < -0.39 is 11.1 Å². The molecule has 0 unspecified atom stereocenters. The lowest BCUT2D eigenvalue weighted by Gasteiger charge is -2.34. The van der Waals surface area contributed by atoms with E-state index in [9.17, 15) is 9.90 Å². The first-order chi connectivity index (χ1) is 6.64. The fraction of sp³-hybridized carbons (Fsp3) is 0.909. The average molecular weight is 216 g/mol. The van der Waals surface area contributed by atoms with Crippen LogP contribution >= 0.6 is 0 Å². The molecule has 0 bridgehead atoms. The highest BCUT2D eigenvalue weighted by atomic mass is 16.3. The number of rotatable bonds is 5. The van der Waals surface area contributed by atoms with Crippen molar-refractivity contribution in [1.29, 1.82) is 0 Å². The number of nitrogens with zero attached hydrogens (tertiary/aromatic N) is 1. The molecule has 0 aliphatic carbocycles. The van der Waals surface area contributed by atoms with Crippen LogP contribution in [0.2, 0.25) is 0 Å². The summed E-state index contributed by atoms with van der Waals surface area (Å²) in [6.07, 6.45) is 0. The minimum absolute atomic E-state index is 0.00891. The summed E-state index contributed by atoms with van der Waals surface area (Å²) in [5.74, 6) is 0.00891. The van der Waals surface area contributed by atoms with Gasteiger partial charge in [0.15, 0.2) is 0 Å². The van der Waals surface area contributed by atoms with Crippen molar-refractivity contribution in [2.45, 2.75) is 45.8 Å². The van der Waals surface area contributed by atoms with Crippen molar-refractivity contribution in [2.24, 2.45) is 0 Å². The van der Waals surface area contributed by atoms with Gasteiger partial charge in [-0.2, -0.15) is 0 Å². The Labute approximate surface area is 92.7 Å². The summed E-state index contributed by atoms with van der Waals surface area (Å²) in [4.78, 5) is 13.7. The number of amides is 1. The molecule has 0 aliphatic heterocycles. The normalized spacial score (nSPS) is 12.7. The van der Waals surface area contributed by atoms with Gasteiger partial charge in [-0.1, -0.05) is 0 Å².